The maximum atomic E-state index is 9.76. The van der Waals surface area contributed by atoms with Crippen molar-refractivity contribution in [2.45, 2.75) is 68.3 Å². The molecule has 0 aromatic heterocycles. The minimum absolute atomic E-state index is 0.390. The van der Waals surface area contributed by atoms with Crippen LogP contribution in [0.15, 0.2) is 0 Å². The largest absolute Gasteiger partial charge is 0.388 e. The van der Waals surface area contributed by atoms with Gasteiger partial charge >= 0.3 is 0 Å². The van der Waals surface area contributed by atoms with E-state index < -0.39 is 61.4 Å². The van der Waals surface area contributed by atoms with Gasteiger partial charge in [-0.1, -0.05) is 0 Å². The molecule has 0 spiro atoms. The Morgan fingerprint density at radius 2 is 1.32 bits per heavy atom. The molecule has 0 amide bonds. The van der Waals surface area contributed by atoms with Gasteiger partial charge in [-0.3, -0.25) is 0 Å². The van der Waals surface area contributed by atoms with Crippen LogP contribution in [-0.2, 0) is 14.2 Å². The van der Waals surface area contributed by atoms with E-state index in [0.29, 0.717) is 0 Å². The van der Waals surface area contributed by atoms with Crippen molar-refractivity contribution < 1.29 is 50.0 Å². The SMILES string of the molecule is CC1O[C@@H](OCC2OC(O)C(O)[C@@H](O)[C@@H]2O)C(O)[C@@H](O)[C@@H]1O. The lowest BCUT2D eigenvalue weighted by atomic mass is 9.99. The normalized spacial score (nSPS) is 53.5. The van der Waals surface area contributed by atoms with E-state index in [4.69, 9.17) is 14.2 Å². The molecule has 130 valence electrons. The molecule has 0 aliphatic carbocycles. The number of aliphatic hydroxyl groups is 7. The molecule has 0 aromatic rings. The lowest BCUT2D eigenvalue weighted by Crippen LogP contribution is -2.60. The lowest BCUT2D eigenvalue weighted by molar-refractivity contribution is -0.322. The van der Waals surface area contributed by atoms with Crippen molar-refractivity contribution in [3.63, 3.8) is 0 Å². The molecular formula is C12H22O10. The fourth-order valence-electron chi connectivity index (χ4n) is 2.41. The van der Waals surface area contributed by atoms with Gasteiger partial charge in [0.25, 0.3) is 0 Å². The third kappa shape index (κ3) is 3.41. The molecule has 2 aliphatic heterocycles. The maximum Gasteiger partial charge on any atom is 0.186 e. The summed E-state index contributed by atoms with van der Waals surface area (Å²) in [5.41, 5.74) is 0. The average molecular weight is 326 g/mol. The number of ether oxygens (including phenoxy) is 3. The predicted molar refractivity (Wildman–Crippen MR) is 67.2 cm³/mol. The van der Waals surface area contributed by atoms with E-state index in [2.05, 4.69) is 0 Å². The number of rotatable bonds is 3. The third-order valence-electron chi connectivity index (χ3n) is 3.92. The summed E-state index contributed by atoms with van der Waals surface area (Å²) in [4.78, 5) is 0. The molecule has 2 heterocycles. The molecule has 2 saturated heterocycles. The van der Waals surface area contributed by atoms with E-state index in [9.17, 15) is 35.7 Å². The van der Waals surface area contributed by atoms with Crippen molar-refractivity contribution in [1.29, 1.82) is 0 Å². The predicted octanol–water partition coefficient (Wildman–Crippen LogP) is -4.37. The van der Waals surface area contributed by atoms with E-state index in [1.54, 1.807) is 0 Å². The molecule has 10 atom stereocenters. The Hall–Kier alpha value is -0.400. The van der Waals surface area contributed by atoms with Crippen LogP contribution in [0.1, 0.15) is 6.92 Å². The van der Waals surface area contributed by atoms with E-state index in [-0.39, 0.29) is 6.61 Å². The first-order valence-corrected chi connectivity index (χ1v) is 6.93. The molecule has 7 N–H and O–H groups in total. The highest BCUT2D eigenvalue weighted by molar-refractivity contribution is 4.90. The van der Waals surface area contributed by atoms with Crippen LogP contribution >= 0.6 is 0 Å². The van der Waals surface area contributed by atoms with Crippen molar-refractivity contribution in [2.75, 3.05) is 6.61 Å². The summed E-state index contributed by atoms with van der Waals surface area (Å²) in [6.07, 6.45) is -14.0. The van der Waals surface area contributed by atoms with Crippen molar-refractivity contribution >= 4 is 0 Å². The summed E-state index contributed by atoms with van der Waals surface area (Å²) in [5, 5.41) is 67.0. The summed E-state index contributed by atoms with van der Waals surface area (Å²) in [5.74, 6) is 0. The highest BCUT2D eigenvalue weighted by atomic mass is 16.7. The minimum Gasteiger partial charge on any atom is -0.388 e. The molecule has 0 saturated carbocycles. The number of aliphatic hydroxyl groups excluding tert-OH is 7. The van der Waals surface area contributed by atoms with E-state index in [0.717, 1.165) is 0 Å². The molecular weight excluding hydrogens is 304 g/mol. The van der Waals surface area contributed by atoms with Crippen LogP contribution < -0.4 is 0 Å². The Morgan fingerprint density at radius 3 is 1.95 bits per heavy atom. The van der Waals surface area contributed by atoms with Crippen molar-refractivity contribution in [1.82, 2.24) is 0 Å². The molecule has 0 bridgehead atoms. The standard InChI is InChI=1S/C12H22O10/c1-3-5(13)7(15)10(18)12(21-3)20-2-4-6(14)8(16)9(17)11(19)22-4/h3-19H,2H2,1H3/t3?,4?,5-,6-,7+,8+,9?,10?,11?,12-/m1/s1. The highest BCUT2D eigenvalue weighted by Gasteiger charge is 2.45. The van der Waals surface area contributed by atoms with Gasteiger partial charge in [0.2, 0.25) is 0 Å². The van der Waals surface area contributed by atoms with Gasteiger partial charge in [-0.2, -0.15) is 0 Å². The lowest BCUT2D eigenvalue weighted by Gasteiger charge is -2.41. The zero-order valence-electron chi connectivity index (χ0n) is 11.8. The Kier molecular flexibility index (Phi) is 5.72. The minimum atomic E-state index is -1.70. The van der Waals surface area contributed by atoms with Crippen molar-refractivity contribution in [3.8, 4) is 0 Å². The van der Waals surface area contributed by atoms with Gasteiger partial charge in [0.15, 0.2) is 12.6 Å². The van der Waals surface area contributed by atoms with Crippen molar-refractivity contribution in [3.05, 3.63) is 0 Å². The molecule has 0 radical (unpaired) electrons. The number of hydrogen-bond acceptors (Lipinski definition) is 10. The molecule has 0 aromatic carbocycles. The van der Waals surface area contributed by atoms with Crippen LogP contribution in [0.25, 0.3) is 0 Å². The fourth-order valence-corrected chi connectivity index (χ4v) is 2.41. The van der Waals surface area contributed by atoms with Crippen LogP contribution in [0.3, 0.4) is 0 Å². The molecule has 22 heavy (non-hydrogen) atoms. The van der Waals surface area contributed by atoms with Gasteiger partial charge in [0.05, 0.1) is 12.7 Å². The zero-order valence-corrected chi connectivity index (χ0v) is 11.8. The third-order valence-corrected chi connectivity index (χ3v) is 3.92. The summed E-state index contributed by atoms with van der Waals surface area (Å²) >= 11 is 0. The monoisotopic (exact) mass is 326 g/mol. The van der Waals surface area contributed by atoms with Gasteiger partial charge in [0, 0.05) is 0 Å². The van der Waals surface area contributed by atoms with E-state index >= 15 is 0 Å². The molecule has 2 aliphatic rings. The van der Waals surface area contributed by atoms with Crippen LogP contribution in [0.4, 0.5) is 0 Å². The topological polar surface area (TPSA) is 169 Å². The van der Waals surface area contributed by atoms with Crippen LogP contribution in [0.2, 0.25) is 0 Å². The van der Waals surface area contributed by atoms with Crippen LogP contribution in [-0.4, -0.2) is 104 Å². The Morgan fingerprint density at radius 1 is 0.727 bits per heavy atom. The Bertz CT molecular complexity index is 334. The first-order chi connectivity index (χ1) is 10.2. The first-order valence-electron chi connectivity index (χ1n) is 6.93. The quantitative estimate of drug-likeness (QED) is 0.269. The van der Waals surface area contributed by atoms with Gasteiger partial charge < -0.3 is 50.0 Å². The van der Waals surface area contributed by atoms with Crippen molar-refractivity contribution in [2.24, 2.45) is 0 Å². The second-order valence-corrected chi connectivity index (χ2v) is 5.55. The molecule has 5 unspecified atom stereocenters. The second-order valence-electron chi connectivity index (χ2n) is 5.55. The second kappa shape index (κ2) is 7.01. The average Bonchev–Trinajstić information content (AvgIpc) is 2.49. The van der Waals surface area contributed by atoms with Gasteiger partial charge in [0.1, 0.15) is 42.7 Å². The molecule has 10 heteroatoms. The number of hydrogen-bond donors (Lipinski definition) is 7. The molecule has 10 nitrogen and oxygen atoms in total. The fraction of sp³-hybridized carbons (Fsp3) is 1.00. The Labute approximate surface area is 126 Å². The summed E-state index contributed by atoms with van der Waals surface area (Å²) in [6, 6.07) is 0. The molecule has 2 fully saturated rings. The summed E-state index contributed by atoms with van der Waals surface area (Å²) < 4.78 is 15.3. The van der Waals surface area contributed by atoms with E-state index in [1.165, 1.54) is 6.92 Å². The zero-order chi connectivity index (χ0) is 16.6. The van der Waals surface area contributed by atoms with Crippen LogP contribution in [0.5, 0.6) is 0 Å². The van der Waals surface area contributed by atoms with Gasteiger partial charge in [-0.15, -0.1) is 0 Å². The first kappa shape index (κ1) is 17.9. The van der Waals surface area contributed by atoms with Gasteiger partial charge in [-0.05, 0) is 6.92 Å². The van der Waals surface area contributed by atoms with E-state index in [1.807, 2.05) is 0 Å². The molecule has 2 rings (SSSR count). The maximum absolute atomic E-state index is 9.76. The summed E-state index contributed by atoms with van der Waals surface area (Å²) in [6.45, 7) is 1.09. The van der Waals surface area contributed by atoms with Gasteiger partial charge in [-0.25, -0.2) is 0 Å². The van der Waals surface area contributed by atoms with Crippen LogP contribution in [0, 0.1) is 0 Å². The Balaban J connectivity index is 1.92. The smallest absolute Gasteiger partial charge is 0.186 e. The highest BCUT2D eigenvalue weighted by Crippen LogP contribution is 2.24. The summed E-state index contributed by atoms with van der Waals surface area (Å²) in [7, 11) is 0.